The number of ether oxygens (including phenoxy) is 2. The maximum atomic E-state index is 11.5. The lowest BCUT2D eigenvalue weighted by atomic mass is 9.91. The van der Waals surface area contributed by atoms with E-state index in [2.05, 4.69) is 40.7 Å². The Labute approximate surface area is 207 Å². The SMILES string of the molecule is C/C(=C\CCCOC1=C(O)C(=O)OC1C(O)CO)CCCC(C)CCCC(C)CCCC(C)C. The van der Waals surface area contributed by atoms with Gasteiger partial charge in [0.15, 0.2) is 11.9 Å². The molecule has 6 heteroatoms. The van der Waals surface area contributed by atoms with Gasteiger partial charge in [-0.1, -0.05) is 84.3 Å². The van der Waals surface area contributed by atoms with Gasteiger partial charge in [-0.2, -0.15) is 0 Å². The third-order valence-electron chi connectivity index (χ3n) is 6.69. The fraction of sp³-hybridized carbons (Fsp3) is 0.821. The molecule has 0 radical (unpaired) electrons. The van der Waals surface area contributed by atoms with Gasteiger partial charge in [0.2, 0.25) is 5.76 Å². The monoisotopic (exact) mass is 482 g/mol. The van der Waals surface area contributed by atoms with E-state index in [1.54, 1.807) is 0 Å². The molecule has 3 N–H and O–H groups in total. The van der Waals surface area contributed by atoms with Crippen LogP contribution < -0.4 is 0 Å². The lowest BCUT2D eigenvalue weighted by Crippen LogP contribution is -2.32. The summed E-state index contributed by atoms with van der Waals surface area (Å²) in [6.07, 6.45) is 13.0. The summed E-state index contributed by atoms with van der Waals surface area (Å²) in [5.74, 6) is 0.805. The van der Waals surface area contributed by atoms with Crippen LogP contribution in [0.2, 0.25) is 0 Å². The lowest BCUT2D eigenvalue weighted by molar-refractivity contribution is -0.148. The van der Waals surface area contributed by atoms with Crippen LogP contribution in [0.15, 0.2) is 23.2 Å². The van der Waals surface area contributed by atoms with Gasteiger partial charge in [0.25, 0.3) is 0 Å². The van der Waals surface area contributed by atoms with E-state index in [4.69, 9.17) is 14.6 Å². The minimum absolute atomic E-state index is 0.0915. The van der Waals surface area contributed by atoms with Gasteiger partial charge in [-0.05, 0) is 50.4 Å². The van der Waals surface area contributed by atoms with Crippen molar-refractivity contribution in [3.63, 3.8) is 0 Å². The Morgan fingerprint density at radius 1 is 1.00 bits per heavy atom. The number of unbranched alkanes of at least 4 members (excludes halogenated alkanes) is 1. The summed E-state index contributed by atoms with van der Waals surface area (Å²) < 4.78 is 10.3. The zero-order chi connectivity index (χ0) is 25.5. The van der Waals surface area contributed by atoms with E-state index in [1.165, 1.54) is 56.9 Å². The molecule has 0 fully saturated rings. The normalized spacial score (nSPS) is 19.5. The number of aliphatic hydroxyl groups is 3. The fourth-order valence-electron chi connectivity index (χ4n) is 4.38. The quantitative estimate of drug-likeness (QED) is 0.115. The van der Waals surface area contributed by atoms with E-state index in [9.17, 15) is 15.0 Å². The highest BCUT2D eigenvalue weighted by atomic mass is 16.6. The van der Waals surface area contributed by atoms with Crippen LogP contribution in [-0.2, 0) is 14.3 Å². The molecule has 0 aromatic rings. The van der Waals surface area contributed by atoms with E-state index in [-0.39, 0.29) is 5.76 Å². The second-order valence-corrected chi connectivity index (χ2v) is 10.7. The first-order chi connectivity index (χ1) is 16.1. The average molecular weight is 483 g/mol. The van der Waals surface area contributed by atoms with Crippen molar-refractivity contribution >= 4 is 5.97 Å². The Hall–Kier alpha value is -1.53. The van der Waals surface area contributed by atoms with Crippen molar-refractivity contribution < 1.29 is 29.6 Å². The van der Waals surface area contributed by atoms with Crippen LogP contribution in [-0.4, -0.2) is 46.7 Å². The standard InChI is InChI=1S/C28H50O6/c1-20(2)11-8-13-22(4)15-10-17-23(5)16-9-14-21(3)12-6-7-18-33-27-25(31)28(32)34-26(27)24(30)19-29/h12,20,22-24,26,29-31H,6-11,13-19H2,1-5H3/b21-12+. The number of allylic oxidation sites excluding steroid dienone is 2. The molecular weight excluding hydrogens is 432 g/mol. The fourth-order valence-corrected chi connectivity index (χ4v) is 4.38. The predicted octanol–water partition coefficient (Wildman–Crippen LogP) is 6.22. The maximum Gasteiger partial charge on any atom is 0.378 e. The van der Waals surface area contributed by atoms with Crippen molar-refractivity contribution in [1.29, 1.82) is 0 Å². The molecule has 0 bridgehead atoms. The Kier molecular flexibility index (Phi) is 15.2. The zero-order valence-electron chi connectivity index (χ0n) is 22.2. The zero-order valence-corrected chi connectivity index (χ0v) is 22.2. The van der Waals surface area contributed by atoms with E-state index in [0.29, 0.717) is 6.61 Å². The van der Waals surface area contributed by atoms with Crippen LogP contribution in [0.5, 0.6) is 0 Å². The molecule has 0 saturated heterocycles. The lowest BCUT2D eigenvalue weighted by Gasteiger charge is -2.18. The Morgan fingerprint density at radius 3 is 2.18 bits per heavy atom. The summed E-state index contributed by atoms with van der Waals surface area (Å²) >= 11 is 0. The van der Waals surface area contributed by atoms with Crippen LogP contribution in [0.3, 0.4) is 0 Å². The number of esters is 1. The first-order valence-corrected chi connectivity index (χ1v) is 13.4. The van der Waals surface area contributed by atoms with Crippen molar-refractivity contribution in [2.45, 2.75) is 117 Å². The molecule has 1 rings (SSSR count). The van der Waals surface area contributed by atoms with Gasteiger partial charge < -0.3 is 24.8 Å². The molecule has 0 saturated carbocycles. The third kappa shape index (κ3) is 12.3. The van der Waals surface area contributed by atoms with E-state index < -0.39 is 30.5 Å². The van der Waals surface area contributed by atoms with Crippen LogP contribution in [0.4, 0.5) is 0 Å². The van der Waals surface area contributed by atoms with E-state index in [1.807, 2.05) is 0 Å². The van der Waals surface area contributed by atoms with Crippen molar-refractivity contribution in [2.75, 3.05) is 13.2 Å². The smallest absolute Gasteiger partial charge is 0.378 e. The molecule has 0 aromatic carbocycles. The number of carbonyl (C=O) groups is 1. The molecule has 4 unspecified atom stereocenters. The Morgan fingerprint density at radius 2 is 1.59 bits per heavy atom. The van der Waals surface area contributed by atoms with Gasteiger partial charge in [0.1, 0.15) is 6.10 Å². The topological polar surface area (TPSA) is 96.2 Å². The minimum Gasteiger partial charge on any atom is -0.499 e. The maximum absolute atomic E-state index is 11.5. The molecular formula is C28H50O6. The van der Waals surface area contributed by atoms with Gasteiger partial charge in [0, 0.05) is 0 Å². The van der Waals surface area contributed by atoms with Crippen LogP contribution in [0.25, 0.3) is 0 Å². The molecule has 0 spiro atoms. The van der Waals surface area contributed by atoms with Crippen molar-refractivity contribution in [3.8, 4) is 0 Å². The van der Waals surface area contributed by atoms with Crippen molar-refractivity contribution in [2.24, 2.45) is 17.8 Å². The third-order valence-corrected chi connectivity index (χ3v) is 6.69. The number of aliphatic hydroxyl groups excluding tert-OH is 3. The molecule has 6 nitrogen and oxygen atoms in total. The molecule has 4 atom stereocenters. The highest BCUT2D eigenvalue weighted by molar-refractivity contribution is 5.89. The van der Waals surface area contributed by atoms with Gasteiger partial charge in [0.05, 0.1) is 13.2 Å². The van der Waals surface area contributed by atoms with Gasteiger partial charge >= 0.3 is 5.97 Å². The highest BCUT2D eigenvalue weighted by Gasteiger charge is 2.40. The summed E-state index contributed by atoms with van der Waals surface area (Å²) in [7, 11) is 0. The molecule has 1 heterocycles. The van der Waals surface area contributed by atoms with Gasteiger partial charge in [-0.25, -0.2) is 4.79 Å². The molecule has 0 aliphatic carbocycles. The van der Waals surface area contributed by atoms with Gasteiger partial charge in [-0.3, -0.25) is 0 Å². The van der Waals surface area contributed by atoms with E-state index in [0.717, 1.165) is 37.0 Å². The summed E-state index contributed by atoms with van der Waals surface area (Å²) in [5, 5.41) is 28.5. The van der Waals surface area contributed by atoms with Crippen molar-refractivity contribution in [3.05, 3.63) is 23.2 Å². The summed E-state index contributed by atoms with van der Waals surface area (Å²) in [6, 6.07) is 0. The van der Waals surface area contributed by atoms with Crippen molar-refractivity contribution in [1.82, 2.24) is 0 Å². The largest absolute Gasteiger partial charge is 0.499 e. The number of hydrogen-bond acceptors (Lipinski definition) is 6. The molecule has 0 amide bonds. The second kappa shape index (κ2) is 17.0. The Bertz CT molecular complexity index is 639. The number of hydrogen-bond donors (Lipinski definition) is 3. The van der Waals surface area contributed by atoms with E-state index >= 15 is 0 Å². The van der Waals surface area contributed by atoms with Crippen LogP contribution in [0, 0.1) is 17.8 Å². The van der Waals surface area contributed by atoms with Gasteiger partial charge in [-0.15, -0.1) is 0 Å². The summed E-state index contributed by atoms with van der Waals surface area (Å²) in [6.45, 7) is 11.3. The average Bonchev–Trinajstić information content (AvgIpc) is 3.06. The number of cyclic esters (lactones) is 1. The molecule has 198 valence electrons. The molecule has 0 aromatic heterocycles. The first-order valence-electron chi connectivity index (χ1n) is 13.4. The predicted molar refractivity (Wildman–Crippen MR) is 136 cm³/mol. The number of carbonyl (C=O) groups excluding carboxylic acids is 1. The number of rotatable bonds is 19. The van der Waals surface area contributed by atoms with Crippen LogP contribution >= 0.6 is 0 Å². The molecule has 1 aliphatic heterocycles. The summed E-state index contributed by atoms with van der Waals surface area (Å²) in [4.78, 5) is 11.5. The molecule has 34 heavy (non-hydrogen) atoms. The second-order valence-electron chi connectivity index (χ2n) is 10.7. The summed E-state index contributed by atoms with van der Waals surface area (Å²) in [5.41, 5.74) is 1.38. The highest BCUT2D eigenvalue weighted by Crippen LogP contribution is 2.25. The first kappa shape index (κ1) is 30.5. The molecule has 1 aliphatic rings. The van der Waals surface area contributed by atoms with Crippen LogP contribution in [0.1, 0.15) is 105 Å². The Balaban J connectivity index is 2.15. The minimum atomic E-state index is -1.31.